The molecule has 3 aliphatic rings. The Bertz CT molecular complexity index is 1870. The Hall–Kier alpha value is -3.78. The lowest BCUT2D eigenvalue weighted by Gasteiger charge is -2.50. The van der Waals surface area contributed by atoms with Crippen LogP contribution in [0.15, 0.2) is 130 Å². The Balaban J connectivity index is 1.11. The molecule has 0 N–H and O–H groups in total. The molecule has 1 saturated carbocycles. The Morgan fingerprint density at radius 2 is 0.810 bits per heavy atom. The zero-order chi connectivity index (χ0) is 42.3. The number of benzene rings is 1. The first-order valence-corrected chi connectivity index (χ1v) is 22.8. The number of hydrogen-bond donors (Lipinski definition) is 0. The molecule has 2 bridgehead atoms. The third-order valence-corrected chi connectivity index (χ3v) is 13.7. The normalized spacial score (nSPS) is 24.1. The summed E-state index contributed by atoms with van der Waals surface area (Å²) in [5.41, 5.74) is 11.6. The van der Waals surface area contributed by atoms with Gasteiger partial charge in [0, 0.05) is 11.1 Å². The minimum absolute atomic E-state index is 0.134. The van der Waals surface area contributed by atoms with E-state index in [4.69, 9.17) is 0 Å². The lowest BCUT2D eigenvalue weighted by molar-refractivity contribution is 0.0242. The third kappa shape index (κ3) is 12.4. The summed E-state index contributed by atoms with van der Waals surface area (Å²) in [6.07, 6.45) is 40.9. The zero-order valence-corrected chi connectivity index (χ0v) is 38.4. The fraction of sp³-hybridized carbons (Fsp3) is 0.536. The lowest BCUT2D eigenvalue weighted by atomic mass is 9.49. The van der Waals surface area contributed by atoms with Crippen LogP contribution in [0.2, 0.25) is 0 Å². The van der Waals surface area contributed by atoms with Gasteiger partial charge in [-0.15, -0.1) is 0 Å². The smallest absolute Gasteiger partial charge is 0.171 e. The molecule has 58 heavy (non-hydrogen) atoms. The van der Waals surface area contributed by atoms with Crippen molar-refractivity contribution >= 4 is 11.6 Å². The summed E-state index contributed by atoms with van der Waals surface area (Å²) >= 11 is 0. The Morgan fingerprint density at radius 3 is 1.19 bits per heavy atom. The van der Waals surface area contributed by atoms with Gasteiger partial charge in [-0.3, -0.25) is 9.59 Å². The summed E-state index contributed by atoms with van der Waals surface area (Å²) in [7, 11) is 0. The Morgan fingerprint density at radius 1 is 0.483 bits per heavy atom. The highest BCUT2D eigenvalue weighted by molar-refractivity contribution is 6.20. The van der Waals surface area contributed by atoms with Crippen molar-refractivity contribution in [2.75, 3.05) is 0 Å². The van der Waals surface area contributed by atoms with Gasteiger partial charge in [-0.1, -0.05) is 137 Å². The maximum Gasteiger partial charge on any atom is 0.171 e. The van der Waals surface area contributed by atoms with E-state index in [2.05, 4.69) is 130 Å². The van der Waals surface area contributed by atoms with Crippen molar-refractivity contribution in [3.8, 4) is 0 Å². The molecule has 0 aliphatic heterocycles. The molecule has 2 nitrogen and oxygen atoms in total. The number of allylic oxidation sites excluding steroid dienone is 18. The molecule has 3 aliphatic carbocycles. The standard InChI is InChI=1S/C56H78O2/c1-41(2)20-13-21-42(3)22-14-23-43(4)24-15-25-44(5)26-16-27-45(6)28-17-29-46(7)30-18-31-47(8)32-19-33-48(9)38-39-56-50-37-36-49(40-50)55(56,10)53(57)51-34-11-12-35-52(51)54(56)58/h11-12,20,22,24,26,28,30,32,34-38,49-50H,13-19,21,23,25,27,29,31,33,39-40H2,1-10H3/b42-22+,43-24+,44-26+,45-28+,46-30+,47-32+,48-38+/t49-,50+,55?,56?/m1/s1. The molecule has 0 radical (unpaired) electrons. The van der Waals surface area contributed by atoms with Crippen LogP contribution in [0.25, 0.3) is 0 Å². The van der Waals surface area contributed by atoms with Gasteiger partial charge >= 0.3 is 0 Å². The minimum Gasteiger partial charge on any atom is -0.293 e. The molecule has 1 aromatic rings. The molecule has 1 fully saturated rings. The van der Waals surface area contributed by atoms with E-state index in [1.165, 1.54) is 57.4 Å². The Labute approximate surface area is 355 Å². The van der Waals surface area contributed by atoms with Crippen molar-refractivity contribution in [2.24, 2.45) is 22.7 Å². The van der Waals surface area contributed by atoms with Crippen molar-refractivity contribution in [3.63, 3.8) is 0 Å². The van der Waals surface area contributed by atoms with E-state index in [1.807, 2.05) is 24.3 Å². The van der Waals surface area contributed by atoms with Gasteiger partial charge in [-0.2, -0.15) is 0 Å². The second-order valence-electron chi connectivity index (χ2n) is 18.8. The molecule has 314 valence electrons. The minimum atomic E-state index is -0.667. The first-order valence-electron chi connectivity index (χ1n) is 22.8. The molecular formula is C56H78O2. The number of ketones is 2. The van der Waals surface area contributed by atoms with Crippen LogP contribution in [-0.4, -0.2) is 11.6 Å². The molecule has 0 heterocycles. The first-order chi connectivity index (χ1) is 27.7. The fourth-order valence-corrected chi connectivity index (χ4v) is 9.75. The van der Waals surface area contributed by atoms with Crippen LogP contribution in [0, 0.1) is 22.7 Å². The van der Waals surface area contributed by atoms with Gasteiger partial charge in [-0.25, -0.2) is 0 Å². The number of rotatable bonds is 23. The summed E-state index contributed by atoms with van der Waals surface area (Å²) in [5, 5.41) is 0. The Kier molecular flexibility index (Phi) is 18.2. The lowest BCUT2D eigenvalue weighted by Crippen LogP contribution is -2.56. The highest BCUT2D eigenvalue weighted by atomic mass is 16.1. The zero-order valence-electron chi connectivity index (χ0n) is 38.4. The van der Waals surface area contributed by atoms with Crippen molar-refractivity contribution in [2.45, 2.75) is 172 Å². The van der Waals surface area contributed by atoms with Crippen molar-refractivity contribution < 1.29 is 9.59 Å². The number of Topliss-reactive ketones (excluding diaryl/α,β-unsaturated/α-hetero) is 2. The van der Waals surface area contributed by atoms with E-state index >= 15 is 0 Å². The van der Waals surface area contributed by atoms with Crippen LogP contribution in [0.1, 0.15) is 193 Å². The van der Waals surface area contributed by atoms with Gasteiger partial charge in [-0.05, 0) is 177 Å². The van der Waals surface area contributed by atoms with Crippen LogP contribution in [0.4, 0.5) is 0 Å². The summed E-state index contributed by atoms with van der Waals surface area (Å²) in [5.74, 6) is 0.616. The monoisotopic (exact) mass is 783 g/mol. The predicted molar refractivity (Wildman–Crippen MR) is 251 cm³/mol. The van der Waals surface area contributed by atoms with Gasteiger partial charge in [0.2, 0.25) is 0 Å². The van der Waals surface area contributed by atoms with E-state index < -0.39 is 10.8 Å². The highest BCUT2D eigenvalue weighted by Gasteiger charge is 2.71. The number of fused-ring (bicyclic) bond motifs is 6. The van der Waals surface area contributed by atoms with Gasteiger partial charge in [0.05, 0.1) is 10.8 Å². The second-order valence-corrected chi connectivity index (χ2v) is 18.8. The third-order valence-electron chi connectivity index (χ3n) is 13.7. The van der Waals surface area contributed by atoms with Gasteiger partial charge in [0.25, 0.3) is 0 Å². The van der Waals surface area contributed by atoms with Crippen LogP contribution in [-0.2, 0) is 0 Å². The molecule has 1 aromatic carbocycles. The van der Waals surface area contributed by atoms with Gasteiger partial charge in [0.1, 0.15) is 0 Å². The highest BCUT2D eigenvalue weighted by Crippen LogP contribution is 2.69. The summed E-state index contributed by atoms with van der Waals surface area (Å²) in [6.45, 7) is 22.3. The van der Waals surface area contributed by atoms with Crippen molar-refractivity contribution in [1.82, 2.24) is 0 Å². The topological polar surface area (TPSA) is 34.1 Å². The SMILES string of the molecule is CC(C)=CCC/C(C)=C/CC/C(C)=C/CC/C(C)=C/CC/C(C)=C/CC/C(C)=C/CC/C(C)=C/CC/C(C)=C/CC12C(=O)c3ccccc3C(=O)C1(C)[C@@H]1C=C[C@H]2C1. The quantitative estimate of drug-likeness (QED) is 0.104. The predicted octanol–water partition coefficient (Wildman–Crippen LogP) is 16.7. The second kappa shape index (κ2) is 22.6. The number of carbonyl (C=O) groups excluding carboxylic acids is 2. The molecule has 0 saturated heterocycles. The molecular weight excluding hydrogens is 705 g/mol. The first kappa shape index (κ1) is 46.9. The van der Waals surface area contributed by atoms with E-state index in [0.29, 0.717) is 17.5 Å². The van der Waals surface area contributed by atoms with E-state index in [9.17, 15) is 9.59 Å². The van der Waals surface area contributed by atoms with Crippen LogP contribution < -0.4 is 0 Å². The summed E-state index contributed by atoms with van der Waals surface area (Å²) in [4.78, 5) is 28.2. The molecule has 0 spiro atoms. The largest absolute Gasteiger partial charge is 0.293 e. The van der Waals surface area contributed by atoms with E-state index in [0.717, 1.165) is 83.5 Å². The van der Waals surface area contributed by atoms with Crippen LogP contribution in [0.3, 0.4) is 0 Å². The summed E-state index contributed by atoms with van der Waals surface area (Å²) in [6, 6.07) is 7.50. The molecule has 2 unspecified atom stereocenters. The van der Waals surface area contributed by atoms with Crippen molar-refractivity contribution in [1.29, 1.82) is 0 Å². The van der Waals surface area contributed by atoms with E-state index in [-0.39, 0.29) is 23.4 Å². The average molecular weight is 783 g/mol. The van der Waals surface area contributed by atoms with Gasteiger partial charge in [0.15, 0.2) is 11.6 Å². The molecule has 2 heteroatoms. The molecule has 4 atom stereocenters. The van der Waals surface area contributed by atoms with E-state index in [1.54, 1.807) is 0 Å². The molecule has 0 aromatic heterocycles. The maximum absolute atomic E-state index is 14.2. The molecule has 4 rings (SSSR count). The van der Waals surface area contributed by atoms with Gasteiger partial charge < -0.3 is 0 Å². The summed E-state index contributed by atoms with van der Waals surface area (Å²) < 4.78 is 0. The van der Waals surface area contributed by atoms with Crippen LogP contribution in [0.5, 0.6) is 0 Å². The maximum atomic E-state index is 14.2. The average Bonchev–Trinajstić information content (AvgIpc) is 3.77. The van der Waals surface area contributed by atoms with Crippen LogP contribution >= 0.6 is 0 Å². The fourth-order valence-electron chi connectivity index (χ4n) is 9.75. The molecule has 0 amide bonds. The van der Waals surface area contributed by atoms with Crippen molar-refractivity contribution in [3.05, 3.63) is 141 Å². The number of carbonyl (C=O) groups is 2. The number of hydrogen-bond acceptors (Lipinski definition) is 2.